The van der Waals surface area contributed by atoms with Gasteiger partial charge in [0.1, 0.15) is 10.7 Å². The Hall–Kier alpha value is -0.760. The van der Waals surface area contributed by atoms with E-state index in [1.807, 2.05) is 17.5 Å². The van der Waals surface area contributed by atoms with Crippen molar-refractivity contribution in [2.75, 3.05) is 6.54 Å². The number of nitrogens with zero attached hydrogens (tertiary/aromatic N) is 1. The molecule has 0 aliphatic heterocycles. The molecule has 21 heavy (non-hydrogen) atoms. The molecule has 3 N–H and O–H groups in total. The summed E-state index contributed by atoms with van der Waals surface area (Å²) >= 11 is 6.56. The molecule has 3 rings (SSSR count). The molecule has 0 aromatic carbocycles. The Balaban J connectivity index is 1.69. The van der Waals surface area contributed by atoms with Gasteiger partial charge in [-0.15, -0.1) is 22.7 Å². The number of carbonyl (C=O) groups is 1. The maximum Gasteiger partial charge on any atom is 0.271 e. The summed E-state index contributed by atoms with van der Waals surface area (Å²) in [4.78, 5) is 17.8. The zero-order valence-electron chi connectivity index (χ0n) is 11.3. The van der Waals surface area contributed by atoms with Gasteiger partial charge in [-0.2, -0.15) is 0 Å². The third-order valence-corrected chi connectivity index (χ3v) is 6.43. The molecule has 1 fully saturated rings. The van der Waals surface area contributed by atoms with Crippen LogP contribution in [0, 0.1) is 5.92 Å². The molecule has 0 saturated heterocycles. The van der Waals surface area contributed by atoms with Crippen molar-refractivity contribution in [2.24, 2.45) is 11.7 Å². The van der Waals surface area contributed by atoms with E-state index in [1.165, 1.54) is 11.3 Å². The van der Waals surface area contributed by atoms with Crippen molar-refractivity contribution in [1.29, 1.82) is 0 Å². The van der Waals surface area contributed by atoms with Gasteiger partial charge >= 0.3 is 0 Å². The summed E-state index contributed by atoms with van der Waals surface area (Å²) < 4.78 is 1.07. The number of rotatable bonds is 4. The highest BCUT2D eigenvalue weighted by Gasteiger charge is 2.28. The SMILES string of the molecule is NCC1CCCC1NC(=O)c1csc(-c2ccc(Br)s2)n1. The monoisotopic (exact) mass is 385 g/mol. The van der Waals surface area contributed by atoms with Gasteiger partial charge in [0.05, 0.1) is 8.66 Å². The Kier molecular flexibility index (Phi) is 4.73. The summed E-state index contributed by atoms with van der Waals surface area (Å²) in [6, 6.07) is 4.20. The van der Waals surface area contributed by atoms with Crippen LogP contribution in [-0.2, 0) is 0 Å². The lowest BCUT2D eigenvalue weighted by Gasteiger charge is -2.18. The third kappa shape index (κ3) is 3.36. The van der Waals surface area contributed by atoms with Crippen LogP contribution < -0.4 is 11.1 Å². The number of amides is 1. The number of halogens is 1. The Labute approximate surface area is 139 Å². The average molecular weight is 386 g/mol. The van der Waals surface area contributed by atoms with Crippen molar-refractivity contribution < 1.29 is 4.79 Å². The van der Waals surface area contributed by atoms with Crippen LogP contribution in [0.2, 0.25) is 0 Å². The van der Waals surface area contributed by atoms with Crippen molar-refractivity contribution in [3.05, 3.63) is 27.0 Å². The van der Waals surface area contributed by atoms with Crippen LogP contribution >= 0.6 is 38.6 Å². The quantitative estimate of drug-likeness (QED) is 0.845. The smallest absolute Gasteiger partial charge is 0.271 e. The van der Waals surface area contributed by atoms with Crippen molar-refractivity contribution in [3.63, 3.8) is 0 Å². The van der Waals surface area contributed by atoms with Crippen LogP contribution in [0.15, 0.2) is 21.3 Å². The molecule has 2 aromatic heterocycles. The van der Waals surface area contributed by atoms with Gasteiger partial charge in [-0.05, 0) is 53.4 Å². The Morgan fingerprint density at radius 3 is 3.05 bits per heavy atom. The van der Waals surface area contributed by atoms with Crippen LogP contribution in [0.1, 0.15) is 29.8 Å². The first-order valence-electron chi connectivity index (χ1n) is 6.89. The molecular formula is C14H16BrN3OS2. The largest absolute Gasteiger partial charge is 0.348 e. The lowest BCUT2D eigenvalue weighted by Crippen LogP contribution is -2.39. The van der Waals surface area contributed by atoms with Crippen LogP contribution in [-0.4, -0.2) is 23.5 Å². The van der Waals surface area contributed by atoms with Gasteiger partial charge in [-0.1, -0.05) is 6.42 Å². The van der Waals surface area contributed by atoms with Crippen LogP contribution in [0.4, 0.5) is 0 Å². The second kappa shape index (κ2) is 6.56. The molecule has 2 unspecified atom stereocenters. The minimum atomic E-state index is -0.0847. The van der Waals surface area contributed by atoms with Crippen molar-refractivity contribution in [3.8, 4) is 9.88 Å². The number of hydrogen-bond acceptors (Lipinski definition) is 5. The molecule has 0 spiro atoms. The van der Waals surface area contributed by atoms with Gasteiger partial charge in [0.2, 0.25) is 0 Å². The maximum atomic E-state index is 12.3. The topological polar surface area (TPSA) is 68.0 Å². The standard InChI is InChI=1S/C14H16BrN3OS2/c15-12-5-4-11(21-12)14-18-10(7-20-14)13(19)17-9-3-1-2-8(9)6-16/h4-5,7-9H,1-3,6,16H2,(H,17,19). The predicted octanol–water partition coefficient (Wildman–Crippen LogP) is 3.49. The normalized spacial score (nSPS) is 21.6. The van der Waals surface area contributed by atoms with Gasteiger partial charge in [-0.25, -0.2) is 4.98 Å². The van der Waals surface area contributed by atoms with Crippen molar-refractivity contribution in [1.82, 2.24) is 10.3 Å². The van der Waals surface area contributed by atoms with Crippen LogP contribution in [0.25, 0.3) is 9.88 Å². The first kappa shape index (κ1) is 15.1. The molecule has 0 radical (unpaired) electrons. The Morgan fingerprint density at radius 1 is 1.48 bits per heavy atom. The van der Waals surface area contributed by atoms with E-state index in [9.17, 15) is 4.79 Å². The number of nitrogens with one attached hydrogen (secondary N) is 1. The average Bonchev–Trinajstić information content (AvgIpc) is 3.17. The van der Waals surface area contributed by atoms with Gasteiger partial charge in [0.25, 0.3) is 5.91 Å². The molecule has 1 saturated carbocycles. The number of carbonyl (C=O) groups excluding carboxylic acids is 1. The van der Waals surface area contributed by atoms with E-state index >= 15 is 0 Å². The van der Waals surface area contributed by atoms with E-state index in [0.29, 0.717) is 18.2 Å². The zero-order chi connectivity index (χ0) is 14.8. The third-order valence-electron chi connectivity index (χ3n) is 3.80. The summed E-state index contributed by atoms with van der Waals surface area (Å²) in [6.07, 6.45) is 3.26. The molecule has 1 aliphatic carbocycles. The highest BCUT2D eigenvalue weighted by Crippen LogP contribution is 2.33. The molecule has 2 heterocycles. The molecule has 2 aromatic rings. The number of nitrogens with two attached hydrogens (primary N) is 1. The van der Waals surface area contributed by atoms with Crippen LogP contribution in [0.3, 0.4) is 0 Å². The van der Waals surface area contributed by atoms with E-state index < -0.39 is 0 Å². The molecule has 4 nitrogen and oxygen atoms in total. The predicted molar refractivity (Wildman–Crippen MR) is 90.8 cm³/mol. The number of thiophene rings is 1. The Morgan fingerprint density at radius 2 is 2.33 bits per heavy atom. The van der Waals surface area contributed by atoms with Gasteiger partial charge in [-0.3, -0.25) is 4.79 Å². The highest BCUT2D eigenvalue weighted by atomic mass is 79.9. The lowest BCUT2D eigenvalue weighted by molar-refractivity contribution is 0.0924. The highest BCUT2D eigenvalue weighted by molar-refractivity contribution is 9.11. The van der Waals surface area contributed by atoms with Crippen molar-refractivity contribution >= 4 is 44.5 Å². The maximum absolute atomic E-state index is 12.3. The summed E-state index contributed by atoms with van der Waals surface area (Å²) in [5, 5.41) is 5.80. The van der Waals surface area contributed by atoms with Gasteiger partial charge in [0, 0.05) is 11.4 Å². The molecular weight excluding hydrogens is 370 g/mol. The summed E-state index contributed by atoms with van der Waals surface area (Å²) in [5.41, 5.74) is 6.26. The molecule has 1 amide bonds. The van der Waals surface area contributed by atoms with E-state index in [-0.39, 0.29) is 11.9 Å². The number of thiazole rings is 1. The fraction of sp³-hybridized carbons (Fsp3) is 0.429. The molecule has 7 heteroatoms. The van der Waals surface area contributed by atoms with Crippen LogP contribution in [0.5, 0.6) is 0 Å². The fourth-order valence-electron chi connectivity index (χ4n) is 2.67. The summed E-state index contributed by atoms with van der Waals surface area (Å²) in [6.45, 7) is 0.635. The minimum Gasteiger partial charge on any atom is -0.348 e. The van der Waals surface area contributed by atoms with Crippen molar-refractivity contribution in [2.45, 2.75) is 25.3 Å². The summed E-state index contributed by atoms with van der Waals surface area (Å²) in [7, 11) is 0. The first-order valence-corrected chi connectivity index (χ1v) is 9.38. The van der Waals surface area contributed by atoms with Gasteiger partial charge < -0.3 is 11.1 Å². The first-order chi connectivity index (χ1) is 10.2. The second-order valence-electron chi connectivity index (χ2n) is 5.15. The second-order valence-corrected chi connectivity index (χ2v) is 8.47. The lowest BCUT2D eigenvalue weighted by atomic mass is 10.0. The molecule has 2 atom stereocenters. The van der Waals surface area contributed by atoms with E-state index in [1.54, 1.807) is 11.3 Å². The fourth-order valence-corrected chi connectivity index (χ4v) is 4.93. The zero-order valence-corrected chi connectivity index (χ0v) is 14.6. The van der Waals surface area contributed by atoms with E-state index in [4.69, 9.17) is 5.73 Å². The summed E-state index contributed by atoms with van der Waals surface area (Å²) in [5.74, 6) is 0.318. The minimum absolute atomic E-state index is 0.0847. The van der Waals surface area contributed by atoms with E-state index in [2.05, 4.69) is 26.2 Å². The Bertz CT molecular complexity index is 640. The van der Waals surface area contributed by atoms with E-state index in [0.717, 1.165) is 32.9 Å². The van der Waals surface area contributed by atoms with Gasteiger partial charge in [0.15, 0.2) is 0 Å². The molecule has 1 aliphatic rings. The number of aromatic nitrogens is 1. The number of hydrogen-bond donors (Lipinski definition) is 2. The molecule has 0 bridgehead atoms. The molecule has 112 valence electrons.